The van der Waals surface area contributed by atoms with Crippen molar-refractivity contribution >= 4 is 21.9 Å². The lowest BCUT2D eigenvalue weighted by molar-refractivity contribution is 1.08. The van der Waals surface area contributed by atoms with Crippen LogP contribution in [0, 0.1) is 0 Å². The molecule has 0 aliphatic heterocycles. The van der Waals surface area contributed by atoms with Gasteiger partial charge in [-0.1, -0.05) is 18.2 Å². The molecule has 0 fully saturated rings. The molecular formula is C10H7N3. The number of nitrogens with one attached hydrogen (secondary N) is 1. The van der Waals surface area contributed by atoms with E-state index in [0.717, 1.165) is 21.9 Å². The standard InChI is InChI=1S/C10H7N3/c1-2-4-8-7(3-1)10-9(12-8)5-6-11-13-10/h1-6,12H. The molecule has 0 saturated carbocycles. The smallest absolute Gasteiger partial charge is 0.118 e. The molecule has 0 saturated heterocycles. The Kier molecular flexibility index (Phi) is 1.16. The van der Waals surface area contributed by atoms with E-state index >= 15 is 0 Å². The molecule has 0 aliphatic carbocycles. The third-order valence-electron chi connectivity index (χ3n) is 2.17. The predicted molar refractivity (Wildman–Crippen MR) is 51.4 cm³/mol. The first kappa shape index (κ1) is 6.60. The maximum Gasteiger partial charge on any atom is 0.118 e. The van der Waals surface area contributed by atoms with E-state index in [1.807, 2.05) is 30.3 Å². The number of hydrogen-bond donors (Lipinski definition) is 1. The lowest BCUT2D eigenvalue weighted by Gasteiger charge is -1.85. The summed E-state index contributed by atoms with van der Waals surface area (Å²) in [5, 5.41) is 9.08. The van der Waals surface area contributed by atoms with Gasteiger partial charge < -0.3 is 4.98 Å². The van der Waals surface area contributed by atoms with Crippen LogP contribution in [-0.4, -0.2) is 15.2 Å². The molecule has 3 aromatic rings. The second-order valence-electron chi connectivity index (χ2n) is 2.96. The summed E-state index contributed by atoms with van der Waals surface area (Å²) in [6, 6.07) is 10.0. The Hall–Kier alpha value is -1.90. The second-order valence-corrected chi connectivity index (χ2v) is 2.96. The number of aromatic nitrogens is 3. The first-order valence-electron chi connectivity index (χ1n) is 4.13. The van der Waals surface area contributed by atoms with Crippen LogP contribution in [0.1, 0.15) is 0 Å². The Bertz CT molecular complexity index is 518. The highest BCUT2D eigenvalue weighted by atomic mass is 15.1. The number of aromatic amines is 1. The van der Waals surface area contributed by atoms with Gasteiger partial charge in [-0.3, -0.25) is 0 Å². The molecule has 13 heavy (non-hydrogen) atoms. The Balaban J connectivity index is 2.64. The number of para-hydroxylation sites is 1. The summed E-state index contributed by atoms with van der Waals surface area (Å²) in [5.74, 6) is 0. The molecule has 0 aliphatic rings. The molecule has 0 radical (unpaired) electrons. The molecule has 62 valence electrons. The van der Waals surface area contributed by atoms with Gasteiger partial charge in [0.2, 0.25) is 0 Å². The van der Waals surface area contributed by atoms with Gasteiger partial charge in [0.15, 0.2) is 0 Å². The molecule has 3 nitrogen and oxygen atoms in total. The van der Waals surface area contributed by atoms with Crippen molar-refractivity contribution < 1.29 is 0 Å². The lowest BCUT2D eigenvalue weighted by Crippen LogP contribution is -1.77. The van der Waals surface area contributed by atoms with Gasteiger partial charge in [0.1, 0.15) is 5.52 Å². The van der Waals surface area contributed by atoms with Crippen LogP contribution in [0.15, 0.2) is 36.5 Å². The Morgan fingerprint density at radius 3 is 2.92 bits per heavy atom. The zero-order chi connectivity index (χ0) is 8.67. The minimum atomic E-state index is 0.943. The molecule has 2 aromatic heterocycles. The number of H-pyrrole nitrogens is 1. The summed E-state index contributed by atoms with van der Waals surface area (Å²) in [7, 11) is 0. The van der Waals surface area contributed by atoms with E-state index in [2.05, 4.69) is 15.2 Å². The van der Waals surface area contributed by atoms with Crippen LogP contribution in [0.3, 0.4) is 0 Å². The zero-order valence-electron chi connectivity index (χ0n) is 6.86. The van der Waals surface area contributed by atoms with E-state index < -0.39 is 0 Å². The van der Waals surface area contributed by atoms with E-state index in [9.17, 15) is 0 Å². The first-order valence-corrected chi connectivity index (χ1v) is 4.13. The van der Waals surface area contributed by atoms with Crippen LogP contribution in [0.4, 0.5) is 0 Å². The topological polar surface area (TPSA) is 41.6 Å². The molecule has 1 aromatic carbocycles. The average Bonchev–Trinajstić information content (AvgIpc) is 2.56. The number of hydrogen-bond acceptors (Lipinski definition) is 2. The average molecular weight is 169 g/mol. The number of nitrogens with zero attached hydrogens (tertiary/aromatic N) is 2. The monoisotopic (exact) mass is 169 g/mol. The largest absolute Gasteiger partial charge is 0.353 e. The number of fused-ring (bicyclic) bond motifs is 3. The fraction of sp³-hybridized carbons (Fsp3) is 0. The van der Waals surface area contributed by atoms with Crippen molar-refractivity contribution in [3.05, 3.63) is 36.5 Å². The van der Waals surface area contributed by atoms with Crippen LogP contribution in [0.5, 0.6) is 0 Å². The van der Waals surface area contributed by atoms with Gasteiger partial charge in [-0.15, -0.1) is 5.10 Å². The van der Waals surface area contributed by atoms with E-state index in [1.54, 1.807) is 6.20 Å². The Labute approximate surface area is 74.4 Å². The predicted octanol–water partition coefficient (Wildman–Crippen LogP) is 2.11. The summed E-state index contributed by atoms with van der Waals surface area (Å²) < 4.78 is 0. The molecule has 3 rings (SSSR count). The van der Waals surface area contributed by atoms with Crippen LogP contribution in [0.25, 0.3) is 21.9 Å². The third-order valence-corrected chi connectivity index (χ3v) is 2.17. The van der Waals surface area contributed by atoms with Crippen molar-refractivity contribution in [3.8, 4) is 0 Å². The zero-order valence-corrected chi connectivity index (χ0v) is 6.86. The van der Waals surface area contributed by atoms with E-state index in [1.165, 1.54) is 0 Å². The van der Waals surface area contributed by atoms with Gasteiger partial charge >= 0.3 is 0 Å². The second kappa shape index (κ2) is 2.29. The van der Waals surface area contributed by atoms with Gasteiger partial charge in [-0.05, 0) is 12.1 Å². The van der Waals surface area contributed by atoms with Crippen molar-refractivity contribution in [2.75, 3.05) is 0 Å². The van der Waals surface area contributed by atoms with Crippen LogP contribution in [0.2, 0.25) is 0 Å². The number of benzene rings is 1. The highest BCUT2D eigenvalue weighted by Crippen LogP contribution is 2.21. The quantitative estimate of drug-likeness (QED) is 0.560. The summed E-state index contributed by atoms with van der Waals surface area (Å²) >= 11 is 0. The normalized spacial score (nSPS) is 11.1. The van der Waals surface area contributed by atoms with Gasteiger partial charge in [0, 0.05) is 10.9 Å². The maximum atomic E-state index is 4.09. The molecule has 0 amide bonds. The summed E-state index contributed by atoms with van der Waals surface area (Å²) in [6.07, 6.45) is 1.69. The highest BCUT2D eigenvalue weighted by molar-refractivity contribution is 6.04. The van der Waals surface area contributed by atoms with E-state index in [0.29, 0.717) is 0 Å². The fourth-order valence-corrected chi connectivity index (χ4v) is 1.58. The van der Waals surface area contributed by atoms with Crippen LogP contribution in [-0.2, 0) is 0 Å². The molecule has 2 heterocycles. The summed E-state index contributed by atoms with van der Waals surface area (Å²) in [4.78, 5) is 3.28. The van der Waals surface area contributed by atoms with Gasteiger partial charge in [0.25, 0.3) is 0 Å². The lowest BCUT2D eigenvalue weighted by atomic mass is 10.2. The van der Waals surface area contributed by atoms with E-state index in [4.69, 9.17) is 0 Å². The van der Waals surface area contributed by atoms with Crippen molar-refractivity contribution in [1.29, 1.82) is 0 Å². The van der Waals surface area contributed by atoms with Gasteiger partial charge in [0.05, 0.1) is 11.7 Å². The first-order chi connectivity index (χ1) is 6.45. The third kappa shape index (κ3) is 0.839. The number of rotatable bonds is 0. The molecule has 0 spiro atoms. The molecule has 0 unspecified atom stereocenters. The molecule has 0 bridgehead atoms. The van der Waals surface area contributed by atoms with Crippen LogP contribution < -0.4 is 0 Å². The molecule has 3 heteroatoms. The van der Waals surface area contributed by atoms with Crippen molar-refractivity contribution in [3.63, 3.8) is 0 Å². The van der Waals surface area contributed by atoms with E-state index in [-0.39, 0.29) is 0 Å². The molecule has 1 N–H and O–H groups in total. The Morgan fingerprint density at radius 1 is 1.00 bits per heavy atom. The summed E-state index contributed by atoms with van der Waals surface area (Å²) in [5.41, 5.74) is 3.09. The van der Waals surface area contributed by atoms with Crippen molar-refractivity contribution in [1.82, 2.24) is 15.2 Å². The Morgan fingerprint density at radius 2 is 1.92 bits per heavy atom. The minimum Gasteiger partial charge on any atom is -0.353 e. The molecule has 0 atom stereocenters. The molecular weight excluding hydrogens is 162 g/mol. The minimum absolute atomic E-state index is 0.943. The highest BCUT2D eigenvalue weighted by Gasteiger charge is 2.02. The van der Waals surface area contributed by atoms with Crippen LogP contribution >= 0.6 is 0 Å². The fourth-order valence-electron chi connectivity index (χ4n) is 1.58. The van der Waals surface area contributed by atoms with Crippen molar-refractivity contribution in [2.24, 2.45) is 0 Å². The van der Waals surface area contributed by atoms with Crippen molar-refractivity contribution in [2.45, 2.75) is 0 Å². The summed E-state index contributed by atoms with van der Waals surface area (Å²) in [6.45, 7) is 0. The van der Waals surface area contributed by atoms with Gasteiger partial charge in [-0.2, -0.15) is 5.10 Å². The SMILES string of the molecule is c1ccc2c(c1)[nH]c1ccnnc12. The maximum absolute atomic E-state index is 4.09. The van der Waals surface area contributed by atoms with Gasteiger partial charge in [-0.25, -0.2) is 0 Å².